The number of imidazole rings is 1. The topological polar surface area (TPSA) is 21.7 Å². The molecule has 0 unspecified atom stereocenters. The second kappa shape index (κ2) is 3.58. The fraction of sp³-hybridized carbons (Fsp3) is 0.538. The van der Waals surface area contributed by atoms with Crippen LogP contribution < -0.4 is 4.57 Å². The van der Waals surface area contributed by atoms with Crippen molar-refractivity contribution in [1.29, 1.82) is 0 Å². The Hall–Kier alpha value is -1.38. The van der Waals surface area contributed by atoms with Crippen molar-refractivity contribution in [3.63, 3.8) is 0 Å². The highest BCUT2D eigenvalue weighted by atomic mass is 15.2. The monoisotopic (exact) mass is 218 g/mol. The summed E-state index contributed by atoms with van der Waals surface area (Å²) in [4.78, 5) is 4.71. The molecule has 0 aromatic carbocycles. The maximum atomic E-state index is 4.71. The van der Waals surface area contributed by atoms with Gasteiger partial charge in [0, 0.05) is 12.5 Å². The molecular formula is C13H20N3+. The second-order valence-corrected chi connectivity index (χ2v) is 4.47. The third kappa shape index (κ3) is 1.27. The zero-order valence-corrected chi connectivity index (χ0v) is 11.0. The van der Waals surface area contributed by atoms with Crippen LogP contribution in [0, 0.1) is 27.7 Å². The van der Waals surface area contributed by atoms with Crippen molar-refractivity contribution in [3.05, 3.63) is 22.6 Å². The molecule has 0 spiro atoms. The molecule has 0 aliphatic carbocycles. The molecule has 2 aromatic rings. The van der Waals surface area contributed by atoms with E-state index in [0.29, 0.717) is 0 Å². The van der Waals surface area contributed by atoms with Gasteiger partial charge in [0.1, 0.15) is 5.69 Å². The summed E-state index contributed by atoms with van der Waals surface area (Å²) in [6.07, 6.45) is 0. The van der Waals surface area contributed by atoms with Crippen LogP contribution in [0.4, 0.5) is 0 Å². The second-order valence-electron chi connectivity index (χ2n) is 4.47. The van der Waals surface area contributed by atoms with Gasteiger partial charge < -0.3 is 0 Å². The first kappa shape index (κ1) is 11.1. The predicted octanol–water partition coefficient (Wildman–Crippen LogP) is 2.11. The van der Waals surface area contributed by atoms with E-state index < -0.39 is 0 Å². The number of rotatable bonds is 1. The maximum Gasteiger partial charge on any atom is 0.302 e. The number of pyridine rings is 1. The van der Waals surface area contributed by atoms with Gasteiger partial charge in [-0.1, -0.05) is 0 Å². The van der Waals surface area contributed by atoms with Gasteiger partial charge in [-0.05, 0) is 33.3 Å². The molecule has 0 fully saturated rings. The number of fused-ring (bicyclic) bond motifs is 1. The van der Waals surface area contributed by atoms with Crippen molar-refractivity contribution in [1.82, 2.24) is 9.55 Å². The number of hydrogen-bond acceptors (Lipinski definition) is 1. The van der Waals surface area contributed by atoms with E-state index >= 15 is 0 Å². The third-order valence-electron chi connectivity index (χ3n) is 3.73. The first-order valence-electron chi connectivity index (χ1n) is 5.81. The first-order valence-corrected chi connectivity index (χ1v) is 5.81. The van der Waals surface area contributed by atoms with Crippen LogP contribution in [-0.2, 0) is 13.6 Å². The van der Waals surface area contributed by atoms with Gasteiger partial charge in [-0.2, -0.15) is 0 Å². The van der Waals surface area contributed by atoms with E-state index in [2.05, 4.69) is 50.8 Å². The zero-order valence-electron chi connectivity index (χ0n) is 11.0. The molecule has 0 saturated heterocycles. The first-order chi connectivity index (χ1) is 7.49. The summed E-state index contributed by atoms with van der Waals surface area (Å²) in [5.41, 5.74) is 6.17. The number of aromatic nitrogens is 3. The molecule has 0 amide bonds. The number of nitrogens with zero attached hydrogens (tertiary/aromatic N) is 3. The normalized spacial score (nSPS) is 11.4. The molecule has 3 heteroatoms. The lowest BCUT2D eigenvalue weighted by Gasteiger charge is -2.02. The highest BCUT2D eigenvalue weighted by Crippen LogP contribution is 2.21. The summed E-state index contributed by atoms with van der Waals surface area (Å²) >= 11 is 0. The molecule has 0 bridgehead atoms. The van der Waals surface area contributed by atoms with Gasteiger partial charge in [-0.25, -0.2) is 4.57 Å². The molecule has 0 saturated carbocycles. The van der Waals surface area contributed by atoms with E-state index in [1.807, 2.05) is 0 Å². The Labute approximate surface area is 96.7 Å². The Morgan fingerprint density at radius 2 is 1.75 bits per heavy atom. The van der Waals surface area contributed by atoms with Crippen LogP contribution in [0.1, 0.15) is 29.6 Å². The summed E-state index contributed by atoms with van der Waals surface area (Å²) in [5, 5.41) is 0. The predicted molar refractivity (Wildman–Crippen MR) is 65.5 cm³/mol. The lowest BCUT2D eigenvalue weighted by molar-refractivity contribution is -0.654. The van der Waals surface area contributed by atoms with E-state index in [0.717, 1.165) is 17.9 Å². The fourth-order valence-corrected chi connectivity index (χ4v) is 2.35. The van der Waals surface area contributed by atoms with Crippen molar-refractivity contribution in [2.75, 3.05) is 0 Å². The van der Waals surface area contributed by atoms with Crippen LogP contribution in [0.15, 0.2) is 0 Å². The zero-order chi connectivity index (χ0) is 12.0. The van der Waals surface area contributed by atoms with Crippen molar-refractivity contribution >= 4 is 11.2 Å². The van der Waals surface area contributed by atoms with Gasteiger partial charge in [-0.15, -0.1) is 4.98 Å². The SMILES string of the molecule is CCn1c(C)[n+](C)c2nc(C)c(C)c(C)c21. The molecule has 0 radical (unpaired) electrons. The summed E-state index contributed by atoms with van der Waals surface area (Å²) in [7, 11) is 2.09. The summed E-state index contributed by atoms with van der Waals surface area (Å²) in [5.74, 6) is 1.26. The van der Waals surface area contributed by atoms with E-state index in [-0.39, 0.29) is 0 Å². The van der Waals surface area contributed by atoms with E-state index in [4.69, 9.17) is 4.98 Å². The molecule has 2 heterocycles. The molecule has 2 aromatic heterocycles. The van der Waals surface area contributed by atoms with Gasteiger partial charge in [0.25, 0.3) is 0 Å². The Morgan fingerprint density at radius 1 is 1.12 bits per heavy atom. The van der Waals surface area contributed by atoms with Gasteiger partial charge in [0.05, 0.1) is 13.6 Å². The van der Waals surface area contributed by atoms with Crippen LogP contribution in [0.5, 0.6) is 0 Å². The minimum atomic E-state index is 0.994. The van der Waals surface area contributed by atoms with Gasteiger partial charge >= 0.3 is 5.65 Å². The lowest BCUT2D eigenvalue weighted by atomic mass is 10.1. The standard InChI is InChI=1S/C13H20N3/c1-7-16-11(5)15(6)13-12(16)9(3)8(2)10(4)14-13/h7H2,1-6H3/q+1. The van der Waals surface area contributed by atoms with Crippen LogP contribution in [0.25, 0.3) is 11.2 Å². The number of aryl methyl sites for hydroxylation is 4. The van der Waals surface area contributed by atoms with Crippen molar-refractivity contribution in [2.45, 2.75) is 41.2 Å². The Bertz CT molecular complexity index is 565. The minimum Gasteiger partial charge on any atom is -0.258 e. The quantitative estimate of drug-likeness (QED) is 0.672. The highest BCUT2D eigenvalue weighted by Gasteiger charge is 2.22. The molecule has 16 heavy (non-hydrogen) atoms. The van der Waals surface area contributed by atoms with E-state index in [1.54, 1.807) is 0 Å². The maximum absolute atomic E-state index is 4.71. The van der Waals surface area contributed by atoms with Crippen LogP contribution in [-0.4, -0.2) is 9.55 Å². The van der Waals surface area contributed by atoms with Crippen molar-refractivity contribution < 1.29 is 4.57 Å². The smallest absolute Gasteiger partial charge is 0.258 e. The summed E-state index contributed by atoms with van der Waals surface area (Å²) in [6, 6.07) is 0. The van der Waals surface area contributed by atoms with Crippen LogP contribution in [0.3, 0.4) is 0 Å². The lowest BCUT2D eigenvalue weighted by Crippen LogP contribution is -2.31. The average molecular weight is 218 g/mol. The van der Waals surface area contributed by atoms with Crippen LogP contribution >= 0.6 is 0 Å². The molecule has 0 N–H and O–H groups in total. The largest absolute Gasteiger partial charge is 0.302 e. The summed E-state index contributed by atoms with van der Waals surface area (Å²) in [6.45, 7) is 11.8. The van der Waals surface area contributed by atoms with Gasteiger partial charge in [0.15, 0.2) is 5.52 Å². The Morgan fingerprint density at radius 3 is 2.31 bits per heavy atom. The highest BCUT2D eigenvalue weighted by molar-refractivity contribution is 5.74. The minimum absolute atomic E-state index is 0.994. The molecule has 0 aliphatic rings. The Balaban J connectivity index is 3.02. The van der Waals surface area contributed by atoms with E-state index in [9.17, 15) is 0 Å². The van der Waals surface area contributed by atoms with Crippen molar-refractivity contribution in [2.24, 2.45) is 7.05 Å². The molecule has 3 nitrogen and oxygen atoms in total. The van der Waals surface area contributed by atoms with Gasteiger partial charge in [0.2, 0.25) is 5.82 Å². The molecule has 86 valence electrons. The van der Waals surface area contributed by atoms with E-state index in [1.165, 1.54) is 22.5 Å². The van der Waals surface area contributed by atoms with Gasteiger partial charge in [-0.3, -0.25) is 4.57 Å². The molecule has 0 aliphatic heterocycles. The third-order valence-corrected chi connectivity index (χ3v) is 3.73. The summed E-state index contributed by atoms with van der Waals surface area (Å²) < 4.78 is 4.52. The van der Waals surface area contributed by atoms with Crippen LogP contribution in [0.2, 0.25) is 0 Å². The molecule has 0 atom stereocenters. The Kier molecular flexibility index (Phi) is 2.49. The fourth-order valence-electron chi connectivity index (χ4n) is 2.35. The number of hydrogen-bond donors (Lipinski definition) is 0. The van der Waals surface area contributed by atoms with Crippen molar-refractivity contribution in [3.8, 4) is 0 Å². The average Bonchev–Trinajstić information content (AvgIpc) is 2.50. The molecule has 2 rings (SSSR count). The molecular weight excluding hydrogens is 198 g/mol.